The summed E-state index contributed by atoms with van der Waals surface area (Å²) in [5.41, 5.74) is 0.102. The number of carbonyl (C=O) groups excluding carboxylic acids is 1. The van der Waals surface area contributed by atoms with Gasteiger partial charge in [0, 0.05) is 11.1 Å². The lowest BCUT2D eigenvalue weighted by Gasteiger charge is -2.42. The average Bonchev–Trinajstić information content (AvgIpc) is 2.98. The lowest BCUT2D eigenvalue weighted by Crippen LogP contribution is -2.66. The SMILES string of the molecule is Cc1cc(C#N)cc(C(=O)c2c(C(C)C)c(=O)[nH]c(=O)n2CC#CCO[Si](c2ccccc2)(c2ccccc2)C(C)(C)C)c1. The number of H-pyrrole nitrogens is 1. The molecule has 1 heterocycles. The zero-order chi connectivity index (χ0) is 32.1. The summed E-state index contributed by atoms with van der Waals surface area (Å²) in [6, 6.07) is 27.3. The molecule has 0 aliphatic carbocycles. The fraction of sp³-hybridized carbons (Fsp3) is 0.278. The predicted octanol–water partition coefficient (Wildman–Crippen LogP) is 4.65. The van der Waals surface area contributed by atoms with Gasteiger partial charge < -0.3 is 4.43 Å². The molecule has 224 valence electrons. The maximum absolute atomic E-state index is 13.9. The first-order valence-corrected chi connectivity index (χ1v) is 16.5. The van der Waals surface area contributed by atoms with Crippen LogP contribution in [0.2, 0.25) is 5.04 Å². The molecule has 0 spiro atoms. The molecule has 0 aliphatic rings. The zero-order valence-electron chi connectivity index (χ0n) is 26.0. The molecular weight excluding hydrogens is 566 g/mol. The van der Waals surface area contributed by atoms with Crippen molar-refractivity contribution in [2.24, 2.45) is 0 Å². The van der Waals surface area contributed by atoms with Crippen molar-refractivity contribution in [2.45, 2.75) is 59.0 Å². The number of aromatic nitrogens is 2. The van der Waals surface area contributed by atoms with Crippen molar-refractivity contribution in [1.29, 1.82) is 5.26 Å². The first-order valence-electron chi connectivity index (χ1n) is 14.5. The van der Waals surface area contributed by atoms with Crippen molar-refractivity contribution in [1.82, 2.24) is 9.55 Å². The molecule has 1 aromatic heterocycles. The summed E-state index contributed by atoms with van der Waals surface area (Å²) in [5.74, 6) is 5.24. The van der Waals surface area contributed by atoms with E-state index in [0.29, 0.717) is 5.56 Å². The molecule has 44 heavy (non-hydrogen) atoms. The van der Waals surface area contributed by atoms with E-state index in [1.165, 1.54) is 10.6 Å². The summed E-state index contributed by atoms with van der Waals surface area (Å²) in [6.45, 7) is 11.9. The van der Waals surface area contributed by atoms with Gasteiger partial charge in [-0.05, 0) is 52.0 Å². The highest BCUT2D eigenvalue weighted by atomic mass is 28.4. The van der Waals surface area contributed by atoms with Crippen LogP contribution >= 0.6 is 0 Å². The Morgan fingerprint density at radius 2 is 1.55 bits per heavy atom. The number of carbonyl (C=O) groups is 1. The number of aryl methyl sites for hydroxylation is 1. The molecule has 0 amide bonds. The minimum Gasteiger partial charge on any atom is -0.396 e. The molecule has 0 fully saturated rings. The van der Waals surface area contributed by atoms with Gasteiger partial charge in [0.1, 0.15) is 5.69 Å². The van der Waals surface area contributed by atoms with E-state index in [9.17, 15) is 19.6 Å². The second-order valence-electron chi connectivity index (χ2n) is 12.1. The lowest BCUT2D eigenvalue weighted by molar-refractivity contribution is 0.102. The third-order valence-electron chi connectivity index (χ3n) is 7.64. The van der Waals surface area contributed by atoms with Crippen molar-refractivity contribution in [2.75, 3.05) is 6.61 Å². The van der Waals surface area contributed by atoms with E-state index in [4.69, 9.17) is 4.43 Å². The van der Waals surface area contributed by atoms with Crippen LogP contribution in [0.5, 0.6) is 0 Å². The highest BCUT2D eigenvalue weighted by molar-refractivity contribution is 6.99. The Kier molecular flexibility index (Phi) is 9.69. The number of nitriles is 1. The second kappa shape index (κ2) is 13.3. The van der Waals surface area contributed by atoms with Crippen LogP contribution in [0.25, 0.3) is 0 Å². The van der Waals surface area contributed by atoms with E-state index in [-0.39, 0.29) is 40.9 Å². The number of hydrogen-bond acceptors (Lipinski definition) is 5. The Morgan fingerprint density at radius 3 is 2.07 bits per heavy atom. The van der Waals surface area contributed by atoms with Gasteiger partial charge in [0.2, 0.25) is 5.78 Å². The molecule has 0 bridgehead atoms. The Hall–Kier alpha value is -4.76. The highest BCUT2D eigenvalue weighted by Gasteiger charge is 2.50. The largest absolute Gasteiger partial charge is 0.396 e. The van der Waals surface area contributed by atoms with Crippen molar-refractivity contribution < 1.29 is 9.22 Å². The molecule has 0 saturated carbocycles. The molecule has 3 aromatic carbocycles. The maximum Gasteiger partial charge on any atom is 0.329 e. The lowest BCUT2D eigenvalue weighted by atomic mass is 9.95. The molecule has 0 unspecified atom stereocenters. The molecule has 4 rings (SSSR count). The van der Waals surface area contributed by atoms with Crippen molar-refractivity contribution >= 4 is 24.5 Å². The van der Waals surface area contributed by atoms with Gasteiger partial charge in [-0.25, -0.2) is 4.79 Å². The Balaban J connectivity index is 1.75. The van der Waals surface area contributed by atoms with Gasteiger partial charge in [-0.3, -0.25) is 19.1 Å². The Morgan fingerprint density at radius 1 is 0.955 bits per heavy atom. The fourth-order valence-corrected chi connectivity index (χ4v) is 10.2. The third-order valence-corrected chi connectivity index (χ3v) is 12.6. The molecule has 4 aromatic rings. The maximum atomic E-state index is 13.9. The molecule has 1 N–H and O–H groups in total. The number of benzene rings is 3. The quantitative estimate of drug-likeness (QED) is 0.179. The Labute approximate surface area is 259 Å². The predicted molar refractivity (Wildman–Crippen MR) is 176 cm³/mol. The van der Waals surface area contributed by atoms with Gasteiger partial charge in [-0.1, -0.05) is 107 Å². The summed E-state index contributed by atoms with van der Waals surface area (Å²) in [7, 11) is -2.81. The molecule has 0 atom stereocenters. The second-order valence-corrected chi connectivity index (χ2v) is 16.4. The van der Waals surface area contributed by atoms with Crippen molar-refractivity contribution in [3.8, 4) is 17.9 Å². The standard InChI is InChI=1S/C36H37N3O4Si/c1-25(2)31-32(33(40)28-22-26(3)21-27(23-28)24-37)39(35(42)38-34(31)41)19-13-14-20-43-44(36(4,5)6,29-15-9-7-10-16-29)30-17-11-8-12-18-30/h7-12,15-18,21-23,25H,19-20H2,1-6H3,(H,38,41,42). The van der Waals surface area contributed by atoms with E-state index in [0.717, 1.165) is 15.9 Å². The third kappa shape index (κ3) is 6.43. The molecule has 0 saturated heterocycles. The minimum absolute atomic E-state index is 0.0227. The van der Waals surface area contributed by atoms with Crippen LogP contribution in [0.4, 0.5) is 0 Å². The summed E-state index contributed by atoms with van der Waals surface area (Å²) in [5, 5.41) is 11.5. The van der Waals surface area contributed by atoms with Gasteiger partial charge in [0.25, 0.3) is 13.9 Å². The number of nitrogens with one attached hydrogen (secondary N) is 1. The highest BCUT2D eigenvalue weighted by Crippen LogP contribution is 2.36. The monoisotopic (exact) mass is 603 g/mol. The van der Waals surface area contributed by atoms with Crippen LogP contribution in [-0.4, -0.2) is 30.3 Å². The Bertz CT molecular complexity index is 1840. The van der Waals surface area contributed by atoms with Crippen molar-refractivity contribution in [3.63, 3.8) is 0 Å². The number of rotatable bonds is 8. The molecule has 8 heteroatoms. The smallest absolute Gasteiger partial charge is 0.329 e. The molecular formula is C36H37N3O4Si. The van der Waals surface area contributed by atoms with Crippen LogP contribution in [0.1, 0.15) is 73.3 Å². The van der Waals surface area contributed by atoms with Gasteiger partial charge in [-0.2, -0.15) is 5.26 Å². The zero-order valence-corrected chi connectivity index (χ0v) is 27.0. The average molecular weight is 604 g/mol. The number of ketones is 1. The first kappa shape index (κ1) is 32.2. The van der Waals surface area contributed by atoms with Crippen molar-refractivity contribution in [3.05, 3.63) is 128 Å². The van der Waals surface area contributed by atoms with Gasteiger partial charge in [0.15, 0.2) is 0 Å². The molecule has 7 nitrogen and oxygen atoms in total. The number of nitrogens with zero attached hydrogens (tertiary/aromatic N) is 2. The van der Waals surface area contributed by atoms with Crippen LogP contribution < -0.4 is 21.6 Å². The van der Waals surface area contributed by atoms with Crippen LogP contribution in [-0.2, 0) is 11.0 Å². The first-order chi connectivity index (χ1) is 20.9. The number of hydrogen-bond donors (Lipinski definition) is 1. The molecule has 0 radical (unpaired) electrons. The van der Waals surface area contributed by atoms with E-state index in [1.54, 1.807) is 32.9 Å². The van der Waals surface area contributed by atoms with E-state index in [2.05, 4.69) is 67.9 Å². The summed E-state index contributed by atoms with van der Waals surface area (Å²) < 4.78 is 8.04. The minimum atomic E-state index is -2.81. The van der Waals surface area contributed by atoms with Gasteiger partial charge in [0.05, 0.1) is 24.8 Å². The summed E-state index contributed by atoms with van der Waals surface area (Å²) in [4.78, 5) is 42.2. The van der Waals surface area contributed by atoms with E-state index in [1.807, 2.05) is 36.4 Å². The number of aromatic amines is 1. The fourth-order valence-electron chi connectivity index (χ4n) is 5.73. The molecule has 0 aliphatic heterocycles. The van der Waals surface area contributed by atoms with E-state index >= 15 is 0 Å². The van der Waals surface area contributed by atoms with Crippen LogP contribution in [0.3, 0.4) is 0 Å². The van der Waals surface area contributed by atoms with Gasteiger partial charge in [-0.15, -0.1) is 0 Å². The summed E-state index contributed by atoms with van der Waals surface area (Å²) in [6.07, 6.45) is 0. The normalized spacial score (nSPS) is 11.5. The topological polar surface area (TPSA) is 105 Å². The van der Waals surface area contributed by atoms with Crippen LogP contribution in [0, 0.1) is 30.1 Å². The van der Waals surface area contributed by atoms with E-state index < -0.39 is 25.3 Å². The van der Waals surface area contributed by atoms with Crippen LogP contribution in [0.15, 0.2) is 88.5 Å². The van der Waals surface area contributed by atoms with Gasteiger partial charge >= 0.3 is 5.69 Å². The summed E-state index contributed by atoms with van der Waals surface area (Å²) >= 11 is 0.